The average Bonchev–Trinajstić information content (AvgIpc) is 2.61. The van der Waals surface area contributed by atoms with Crippen molar-refractivity contribution in [1.29, 1.82) is 0 Å². The molecule has 0 aromatic heterocycles. The van der Waals surface area contributed by atoms with E-state index in [1.165, 1.54) is 41.7 Å². The number of aryl methyl sites for hydroxylation is 1. The fraction of sp³-hybridized carbons (Fsp3) is 0.263. The largest absolute Gasteiger partial charge is 0.508 e. The standard InChI is InChI=1S/C19H17F3N2O4/c1-10-2-4-12(5-3-10)16(26)14-15(11-6-8-13(25)9-7-11)23-17(27)24-18(14,28)19(20,21)22/h2-9,14-15,25,28H,1H3,(H2,23,24,27)/t14-,15+,18-/m0/s1. The smallest absolute Gasteiger partial charge is 0.437 e. The van der Waals surface area contributed by atoms with Gasteiger partial charge in [0.05, 0.1) is 6.04 Å². The monoisotopic (exact) mass is 394 g/mol. The van der Waals surface area contributed by atoms with Gasteiger partial charge in [0, 0.05) is 5.56 Å². The highest BCUT2D eigenvalue weighted by molar-refractivity contribution is 6.00. The summed E-state index contributed by atoms with van der Waals surface area (Å²) in [5.74, 6) is -3.24. The first-order chi connectivity index (χ1) is 13.0. The molecule has 0 unspecified atom stereocenters. The van der Waals surface area contributed by atoms with Crippen molar-refractivity contribution in [3.05, 3.63) is 65.2 Å². The Hall–Kier alpha value is -3.07. The topological polar surface area (TPSA) is 98.7 Å². The number of hydrogen-bond acceptors (Lipinski definition) is 4. The summed E-state index contributed by atoms with van der Waals surface area (Å²) in [5, 5.41) is 23.6. The fourth-order valence-corrected chi connectivity index (χ4v) is 3.20. The minimum absolute atomic E-state index is 0.0417. The number of hydrogen-bond donors (Lipinski definition) is 4. The van der Waals surface area contributed by atoms with Crippen molar-refractivity contribution in [1.82, 2.24) is 10.6 Å². The molecule has 2 aromatic rings. The molecule has 0 aliphatic carbocycles. The minimum Gasteiger partial charge on any atom is -0.508 e. The summed E-state index contributed by atoms with van der Waals surface area (Å²) in [5.41, 5.74) is -2.89. The van der Waals surface area contributed by atoms with Gasteiger partial charge >= 0.3 is 12.2 Å². The number of aromatic hydroxyl groups is 1. The molecule has 0 radical (unpaired) electrons. The fourth-order valence-electron chi connectivity index (χ4n) is 3.20. The Balaban J connectivity index is 2.15. The lowest BCUT2D eigenvalue weighted by Crippen LogP contribution is -2.72. The lowest BCUT2D eigenvalue weighted by Gasteiger charge is -2.45. The summed E-state index contributed by atoms with van der Waals surface area (Å²) in [7, 11) is 0. The molecule has 6 nitrogen and oxygen atoms in total. The number of urea groups is 1. The third kappa shape index (κ3) is 3.40. The summed E-state index contributed by atoms with van der Waals surface area (Å²) < 4.78 is 41.3. The van der Waals surface area contributed by atoms with Crippen LogP contribution in [0.2, 0.25) is 0 Å². The summed E-state index contributed by atoms with van der Waals surface area (Å²) in [6.45, 7) is 1.75. The molecule has 3 rings (SSSR count). The van der Waals surface area contributed by atoms with Crippen molar-refractivity contribution >= 4 is 11.8 Å². The first-order valence-electron chi connectivity index (χ1n) is 8.30. The van der Waals surface area contributed by atoms with Crippen molar-refractivity contribution in [3.8, 4) is 5.75 Å². The Bertz CT molecular complexity index is 897. The maximum absolute atomic E-state index is 13.8. The third-order valence-corrected chi connectivity index (χ3v) is 4.68. The molecular formula is C19H17F3N2O4. The van der Waals surface area contributed by atoms with Gasteiger partial charge in [-0.05, 0) is 24.6 Å². The lowest BCUT2D eigenvalue weighted by atomic mass is 9.77. The van der Waals surface area contributed by atoms with Gasteiger partial charge in [0.2, 0.25) is 5.72 Å². The first kappa shape index (κ1) is 19.7. The molecule has 2 aromatic carbocycles. The number of aliphatic hydroxyl groups is 1. The number of phenols is 1. The number of carbonyl (C=O) groups is 2. The quantitative estimate of drug-likeness (QED) is 0.602. The van der Waals surface area contributed by atoms with Crippen LogP contribution in [0.15, 0.2) is 48.5 Å². The second kappa shape index (κ2) is 6.83. The zero-order chi connectivity index (χ0) is 20.7. The van der Waals surface area contributed by atoms with Crippen LogP contribution in [0.4, 0.5) is 18.0 Å². The number of ketones is 1. The van der Waals surface area contributed by atoms with E-state index < -0.39 is 35.7 Å². The van der Waals surface area contributed by atoms with E-state index in [2.05, 4.69) is 5.32 Å². The number of nitrogens with one attached hydrogen (secondary N) is 2. The predicted molar refractivity (Wildman–Crippen MR) is 92.5 cm³/mol. The Labute approximate surface area is 158 Å². The van der Waals surface area contributed by atoms with Crippen molar-refractivity contribution < 1.29 is 33.0 Å². The van der Waals surface area contributed by atoms with Gasteiger partial charge < -0.3 is 20.8 Å². The molecule has 3 atom stereocenters. The minimum atomic E-state index is -5.31. The van der Waals surface area contributed by atoms with Crippen molar-refractivity contribution in [2.45, 2.75) is 24.9 Å². The van der Waals surface area contributed by atoms with Crippen LogP contribution in [0.1, 0.15) is 27.5 Å². The van der Waals surface area contributed by atoms with Crippen molar-refractivity contribution in [2.75, 3.05) is 0 Å². The number of alkyl halides is 3. The zero-order valence-electron chi connectivity index (χ0n) is 14.6. The van der Waals surface area contributed by atoms with E-state index in [0.29, 0.717) is 0 Å². The predicted octanol–water partition coefficient (Wildman–Crippen LogP) is 2.80. The van der Waals surface area contributed by atoms with Gasteiger partial charge in [0.1, 0.15) is 11.7 Å². The van der Waals surface area contributed by atoms with Crippen molar-refractivity contribution in [2.24, 2.45) is 5.92 Å². The van der Waals surface area contributed by atoms with Crippen LogP contribution in [0.3, 0.4) is 0 Å². The Morgan fingerprint density at radius 1 is 1.07 bits per heavy atom. The molecule has 4 N–H and O–H groups in total. The number of Topliss-reactive ketones (excluding diaryl/α,β-unsaturated/α-hetero) is 1. The number of benzene rings is 2. The average molecular weight is 394 g/mol. The van der Waals surface area contributed by atoms with Gasteiger partial charge in [-0.3, -0.25) is 4.79 Å². The van der Waals surface area contributed by atoms with E-state index in [0.717, 1.165) is 5.56 Å². The zero-order valence-corrected chi connectivity index (χ0v) is 14.6. The van der Waals surface area contributed by atoms with Gasteiger partial charge in [-0.15, -0.1) is 0 Å². The summed E-state index contributed by atoms with van der Waals surface area (Å²) in [4.78, 5) is 24.9. The summed E-state index contributed by atoms with van der Waals surface area (Å²) in [6.07, 6.45) is -5.31. The van der Waals surface area contributed by atoms with E-state index in [9.17, 15) is 33.0 Å². The molecule has 0 spiro atoms. The lowest BCUT2D eigenvalue weighted by molar-refractivity contribution is -0.287. The molecule has 1 saturated heterocycles. The maximum atomic E-state index is 13.8. The van der Waals surface area contributed by atoms with E-state index in [-0.39, 0.29) is 16.9 Å². The van der Waals surface area contributed by atoms with Gasteiger partial charge in [-0.2, -0.15) is 13.2 Å². The van der Waals surface area contributed by atoms with Crippen LogP contribution in [0, 0.1) is 12.8 Å². The normalized spacial score (nSPS) is 25.0. The highest BCUT2D eigenvalue weighted by atomic mass is 19.4. The van der Waals surface area contributed by atoms with Gasteiger partial charge in [-0.1, -0.05) is 42.0 Å². The molecule has 1 heterocycles. The Kier molecular flexibility index (Phi) is 4.80. The van der Waals surface area contributed by atoms with E-state index in [4.69, 9.17) is 0 Å². The SMILES string of the molecule is Cc1ccc(C(=O)[C@@H]2[C@@H](c3ccc(O)cc3)NC(=O)N[C@@]2(O)C(F)(F)F)cc1. The Morgan fingerprint density at radius 2 is 1.64 bits per heavy atom. The molecule has 9 heteroatoms. The van der Waals surface area contributed by atoms with E-state index >= 15 is 0 Å². The number of halogens is 3. The molecule has 1 aliphatic heterocycles. The molecule has 1 fully saturated rings. The number of amides is 2. The second-order valence-corrected chi connectivity index (χ2v) is 6.64. The third-order valence-electron chi connectivity index (χ3n) is 4.68. The van der Waals surface area contributed by atoms with Crippen molar-refractivity contribution in [3.63, 3.8) is 0 Å². The number of rotatable bonds is 3. The highest BCUT2D eigenvalue weighted by Crippen LogP contribution is 2.44. The maximum Gasteiger partial charge on any atom is 0.437 e. The molecule has 28 heavy (non-hydrogen) atoms. The Morgan fingerprint density at radius 3 is 2.18 bits per heavy atom. The van der Waals surface area contributed by atoms with Crippen LogP contribution in [-0.4, -0.2) is 33.9 Å². The van der Waals surface area contributed by atoms with Crippen LogP contribution in [-0.2, 0) is 0 Å². The first-order valence-corrected chi connectivity index (χ1v) is 8.30. The van der Waals surface area contributed by atoms with E-state index in [1.807, 2.05) is 0 Å². The highest BCUT2D eigenvalue weighted by Gasteiger charge is 2.66. The van der Waals surface area contributed by atoms with Crippen LogP contribution >= 0.6 is 0 Å². The number of carbonyl (C=O) groups excluding carboxylic acids is 2. The van der Waals surface area contributed by atoms with Crippen LogP contribution in [0.25, 0.3) is 0 Å². The van der Waals surface area contributed by atoms with Gasteiger partial charge in [-0.25, -0.2) is 4.79 Å². The molecular weight excluding hydrogens is 377 g/mol. The molecule has 1 aliphatic rings. The molecule has 148 valence electrons. The van der Waals surface area contributed by atoms with Gasteiger partial charge in [0.25, 0.3) is 0 Å². The number of phenolic OH excluding ortho intramolecular Hbond substituents is 1. The van der Waals surface area contributed by atoms with E-state index in [1.54, 1.807) is 19.1 Å². The summed E-state index contributed by atoms with van der Waals surface area (Å²) >= 11 is 0. The molecule has 2 amide bonds. The van der Waals surface area contributed by atoms with Crippen LogP contribution < -0.4 is 10.6 Å². The van der Waals surface area contributed by atoms with Crippen LogP contribution in [0.5, 0.6) is 5.75 Å². The summed E-state index contributed by atoms with van der Waals surface area (Å²) in [6, 6.07) is 8.06. The molecule has 0 bridgehead atoms. The second-order valence-electron chi connectivity index (χ2n) is 6.64. The molecule has 0 saturated carbocycles. The van der Waals surface area contributed by atoms with Gasteiger partial charge in [0.15, 0.2) is 5.78 Å².